The molecule has 0 spiro atoms. The molecule has 0 fully saturated rings. The van der Waals surface area contributed by atoms with Gasteiger partial charge in [-0.15, -0.1) is 0 Å². The van der Waals surface area contributed by atoms with Crippen LogP contribution in [0.2, 0.25) is 0 Å². The number of nitrogens with one attached hydrogen (secondary N) is 1. The maximum absolute atomic E-state index is 12.3. The van der Waals surface area contributed by atoms with Gasteiger partial charge in [0.15, 0.2) is 0 Å². The molecule has 30 heavy (non-hydrogen) atoms. The average Bonchev–Trinajstić information content (AvgIpc) is 2.75. The molecule has 1 amide bonds. The largest absolute Gasteiger partial charge is 0.377 e. The standard InChI is InChI=1S/C24H24BrN3OS/c1-28(2)23-13-10-20(14-22(23)25)15-26-27-24(29)21-11-8-19(9-12-21)17-30-16-18-6-4-3-5-7-18/h3-15H,16-17H2,1-2H3,(H,27,29)/b26-15-. The third-order valence-electron chi connectivity index (χ3n) is 4.43. The highest BCUT2D eigenvalue weighted by Crippen LogP contribution is 2.25. The van der Waals surface area contributed by atoms with Gasteiger partial charge in [-0.1, -0.05) is 48.5 Å². The Morgan fingerprint density at radius 2 is 1.67 bits per heavy atom. The Kier molecular flexibility index (Phi) is 8.11. The van der Waals surface area contributed by atoms with Crippen LogP contribution < -0.4 is 10.3 Å². The van der Waals surface area contributed by atoms with Crippen molar-refractivity contribution in [2.75, 3.05) is 19.0 Å². The number of carbonyl (C=O) groups excluding carboxylic acids is 1. The Bertz CT molecular complexity index is 1000. The maximum atomic E-state index is 12.3. The second-order valence-electron chi connectivity index (χ2n) is 6.98. The van der Waals surface area contributed by atoms with Gasteiger partial charge in [0, 0.05) is 35.6 Å². The highest BCUT2D eigenvalue weighted by atomic mass is 79.9. The summed E-state index contributed by atoms with van der Waals surface area (Å²) in [6, 6.07) is 24.0. The zero-order valence-electron chi connectivity index (χ0n) is 17.0. The predicted molar refractivity (Wildman–Crippen MR) is 131 cm³/mol. The molecule has 6 heteroatoms. The van der Waals surface area contributed by atoms with E-state index in [4.69, 9.17) is 0 Å². The summed E-state index contributed by atoms with van der Waals surface area (Å²) < 4.78 is 0.975. The monoisotopic (exact) mass is 481 g/mol. The number of amides is 1. The van der Waals surface area contributed by atoms with Crippen molar-refractivity contribution >= 4 is 45.5 Å². The molecule has 3 aromatic carbocycles. The lowest BCUT2D eigenvalue weighted by molar-refractivity contribution is 0.0955. The van der Waals surface area contributed by atoms with Crippen molar-refractivity contribution in [2.24, 2.45) is 5.10 Å². The fourth-order valence-electron chi connectivity index (χ4n) is 2.81. The van der Waals surface area contributed by atoms with Gasteiger partial charge in [0.05, 0.1) is 11.9 Å². The number of carbonyl (C=O) groups is 1. The highest BCUT2D eigenvalue weighted by Gasteiger charge is 2.05. The van der Waals surface area contributed by atoms with Gasteiger partial charge in [-0.05, 0) is 56.9 Å². The molecule has 0 aliphatic rings. The molecule has 0 aliphatic heterocycles. The van der Waals surface area contributed by atoms with Crippen LogP contribution >= 0.6 is 27.7 Å². The molecule has 0 saturated heterocycles. The number of halogens is 1. The van der Waals surface area contributed by atoms with Crippen LogP contribution in [-0.4, -0.2) is 26.2 Å². The van der Waals surface area contributed by atoms with Crippen molar-refractivity contribution in [3.63, 3.8) is 0 Å². The molecule has 0 aromatic heterocycles. The molecule has 0 radical (unpaired) electrons. The van der Waals surface area contributed by atoms with Crippen molar-refractivity contribution in [1.82, 2.24) is 5.43 Å². The zero-order valence-corrected chi connectivity index (χ0v) is 19.4. The Balaban J connectivity index is 1.49. The molecule has 4 nitrogen and oxygen atoms in total. The van der Waals surface area contributed by atoms with E-state index in [9.17, 15) is 4.79 Å². The van der Waals surface area contributed by atoms with Crippen LogP contribution in [-0.2, 0) is 11.5 Å². The van der Waals surface area contributed by atoms with Crippen LogP contribution in [0.5, 0.6) is 0 Å². The van der Waals surface area contributed by atoms with E-state index in [0.717, 1.165) is 27.2 Å². The van der Waals surface area contributed by atoms with Gasteiger partial charge in [-0.3, -0.25) is 4.79 Å². The molecular formula is C24H24BrN3OS. The van der Waals surface area contributed by atoms with Crippen molar-refractivity contribution in [3.05, 3.63) is 99.5 Å². The molecule has 3 aromatic rings. The van der Waals surface area contributed by atoms with Crippen LogP contribution in [0.15, 0.2) is 82.4 Å². The van der Waals surface area contributed by atoms with Crippen molar-refractivity contribution < 1.29 is 4.79 Å². The van der Waals surface area contributed by atoms with Gasteiger partial charge < -0.3 is 4.90 Å². The van der Waals surface area contributed by atoms with Crippen LogP contribution in [0.25, 0.3) is 0 Å². The first-order valence-electron chi connectivity index (χ1n) is 9.54. The number of anilines is 1. The van der Waals surface area contributed by atoms with E-state index in [1.165, 1.54) is 11.1 Å². The summed E-state index contributed by atoms with van der Waals surface area (Å²) in [6.45, 7) is 0. The van der Waals surface area contributed by atoms with Crippen molar-refractivity contribution in [3.8, 4) is 0 Å². The summed E-state index contributed by atoms with van der Waals surface area (Å²) in [5, 5.41) is 4.08. The first-order valence-corrected chi connectivity index (χ1v) is 11.5. The molecule has 154 valence electrons. The minimum absolute atomic E-state index is 0.223. The lowest BCUT2D eigenvalue weighted by Crippen LogP contribution is -2.17. The van der Waals surface area contributed by atoms with Gasteiger partial charge in [0.25, 0.3) is 5.91 Å². The van der Waals surface area contributed by atoms with Crippen molar-refractivity contribution in [2.45, 2.75) is 11.5 Å². The smallest absolute Gasteiger partial charge is 0.271 e. The molecule has 1 N–H and O–H groups in total. The van der Waals surface area contributed by atoms with E-state index in [-0.39, 0.29) is 5.91 Å². The van der Waals surface area contributed by atoms with E-state index >= 15 is 0 Å². The number of hydrogen-bond donors (Lipinski definition) is 1. The van der Waals surface area contributed by atoms with Gasteiger partial charge >= 0.3 is 0 Å². The highest BCUT2D eigenvalue weighted by molar-refractivity contribution is 9.10. The fourth-order valence-corrected chi connectivity index (χ4v) is 4.52. The molecular weight excluding hydrogens is 458 g/mol. The van der Waals surface area contributed by atoms with Crippen LogP contribution in [0.3, 0.4) is 0 Å². The quantitative estimate of drug-likeness (QED) is 0.330. The molecule has 0 bridgehead atoms. The normalized spacial score (nSPS) is 10.9. The number of hydrogen-bond acceptors (Lipinski definition) is 4. The SMILES string of the molecule is CN(C)c1ccc(/C=N\NC(=O)c2ccc(CSCc3ccccc3)cc2)cc1Br. The second kappa shape index (κ2) is 11.0. The number of hydrazone groups is 1. The van der Waals surface area contributed by atoms with E-state index < -0.39 is 0 Å². The van der Waals surface area contributed by atoms with Gasteiger partial charge in [0.1, 0.15) is 0 Å². The van der Waals surface area contributed by atoms with Crippen LogP contribution in [0.1, 0.15) is 27.0 Å². The topological polar surface area (TPSA) is 44.7 Å². The Morgan fingerprint density at radius 3 is 2.30 bits per heavy atom. The molecule has 0 aliphatic carbocycles. The lowest BCUT2D eigenvalue weighted by Gasteiger charge is -2.14. The number of benzene rings is 3. The van der Waals surface area contributed by atoms with E-state index in [2.05, 4.69) is 50.7 Å². The average molecular weight is 482 g/mol. The van der Waals surface area contributed by atoms with Crippen molar-refractivity contribution in [1.29, 1.82) is 0 Å². The molecule has 0 unspecified atom stereocenters. The molecule has 0 heterocycles. The zero-order chi connectivity index (χ0) is 21.3. The second-order valence-corrected chi connectivity index (χ2v) is 8.82. The molecule has 0 saturated carbocycles. The predicted octanol–water partition coefficient (Wildman–Crippen LogP) is 5.71. The molecule has 3 rings (SSSR count). The van der Waals surface area contributed by atoms with E-state index in [1.807, 2.05) is 79.3 Å². The summed E-state index contributed by atoms with van der Waals surface area (Å²) >= 11 is 5.41. The number of thioether (sulfide) groups is 1. The van der Waals surface area contributed by atoms with E-state index in [1.54, 1.807) is 6.21 Å². The van der Waals surface area contributed by atoms with Gasteiger partial charge in [0.2, 0.25) is 0 Å². The Labute approximate surface area is 190 Å². The third-order valence-corrected chi connectivity index (χ3v) is 6.14. The lowest BCUT2D eigenvalue weighted by atomic mass is 10.1. The minimum atomic E-state index is -0.223. The Hall–Kier alpha value is -2.57. The van der Waals surface area contributed by atoms with Crippen LogP contribution in [0, 0.1) is 0 Å². The summed E-state index contributed by atoms with van der Waals surface area (Å²) in [7, 11) is 3.97. The fraction of sp³-hybridized carbons (Fsp3) is 0.167. The maximum Gasteiger partial charge on any atom is 0.271 e. The first-order chi connectivity index (χ1) is 14.5. The van der Waals surface area contributed by atoms with Gasteiger partial charge in [-0.2, -0.15) is 16.9 Å². The molecule has 0 atom stereocenters. The van der Waals surface area contributed by atoms with Gasteiger partial charge in [-0.25, -0.2) is 5.43 Å². The summed E-state index contributed by atoms with van der Waals surface area (Å²) in [5.41, 5.74) is 7.68. The van der Waals surface area contributed by atoms with E-state index in [0.29, 0.717) is 5.56 Å². The summed E-state index contributed by atoms with van der Waals surface area (Å²) in [6.07, 6.45) is 1.64. The first kappa shape index (κ1) is 22.1. The minimum Gasteiger partial charge on any atom is -0.377 e. The Morgan fingerprint density at radius 1 is 1.00 bits per heavy atom. The number of rotatable bonds is 8. The summed E-state index contributed by atoms with van der Waals surface area (Å²) in [4.78, 5) is 14.3. The van der Waals surface area contributed by atoms with Crippen LogP contribution in [0.4, 0.5) is 5.69 Å². The summed E-state index contributed by atoms with van der Waals surface area (Å²) in [5.74, 6) is 1.66. The third kappa shape index (κ3) is 6.47. The number of nitrogens with zero attached hydrogens (tertiary/aromatic N) is 2.